The van der Waals surface area contributed by atoms with Crippen molar-refractivity contribution in [3.8, 4) is 17.5 Å². The van der Waals surface area contributed by atoms with E-state index < -0.39 is 0 Å². The molecule has 2 aromatic heterocycles. The first-order valence-corrected chi connectivity index (χ1v) is 8.26. The number of hydrogen-bond donors (Lipinski definition) is 2. The number of rotatable bonds is 4. The summed E-state index contributed by atoms with van der Waals surface area (Å²) < 4.78 is 11.7. The van der Waals surface area contributed by atoms with Crippen molar-refractivity contribution in [2.45, 2.75) is 19.3 Å². The Labute approximate surface area is 151 Å². The van der Waals surface area contributed by atoms with Crippen molar-refractivity contribution >= 4 is 17.1 Å². The third kappa shape index (κ3) is 2.99. The molecule has 3 aromatic rings. The van der Waals surface area contributed by atoms with Crippen molar-refractivity contribution in [3.05, 3.63) is 54.6 Å². The highest BCUT2D eigenvalue weighted by Crippen LogP contribution is 2.44. The molecule has 0 saturated carbocycles. The van der Waals surface area contributed by atoms with Crippen LogP contribution in [0.4, 0.5) is 17.1 Å². The predicted octanol–water partition coefficient (Wildman–Crippen LogP) is 3.66. The Hall–Kier alpha value is -3.35. The first-order valence-electron chi connectivity index (χ1n) is 8.26. The van der Waals surface area contributed by atoms with E-state index in [-0.39, 0.29) is 11.4 Å². The standard InChI is InChI=1S/C19H19N5O2/c1-19(2)11-25-15-4-3-5-16(17(15)19)26-18-22-8-12(9-23-18)24-14-10-21-7-6-13(14)20/h3-10,24H,11H2,1-2H3,(H2,20,21). The first-order chi connectivity index (χ1) is 12.5. The Morgan fingerprint density at radius 3 is 2.73 bits per heavy atom. The Morgan fingerprint density at radius 2 is 1.96 bits per heavy atom. The van der Waals surface area contributed by atoms with Gasteiger partial charge in [0.15, 0.2) is 0 Å². The van der Waals surface area contributed by atoms with Gasteiger partial charge in [-0.05, 0) is 18.2 Å². The van der Waals surface area contributed by atoms with Crippen molar-refractivity contribution in [2.24, 2.45) is 0 Å². The zero-order valence-electron chi connectivity index (χ0n) is 14.6. The fourth-order valence-corrected chi connectivity index (χ4v) is 2.91. The number of pyridine rings is 1. The fourth-order valence-electron chi connectivity index (χ4n) is 2.91. The van der Waals surface area contributed by atoms with E-state index in [1.54, 1.807) is 30.9 Å². The lowest BCUT2D eigenvalue weighted by Crippen LogP contribution is -2.19. The Bertz CT molecular complexity index is 941. The lowest BCUT2D eigenvalue weighted by Gasteiger charge is -2.18. The van der Waals surface area contributed by atoms with Crippen LogP contribution in [0.1, 0.15) is 19.4 Å². The normalized spacial score (nSPS) is 14.4. The summed E-state index contributed by atoms with van der Waals surface area (Å²) in [5, 5.41) is 3.13. The number of nitrogens with one attached hydrogen (secondary N) is 1. The van der Waals surface area contributed by atoms with E-state index in [1.165, 1.54) is 0 Å². The number of hydrogen-bond acceptors (Lipinski definition) is 7. The summed E-state index contributed by atoms with van der Waals surface area (Å²) in [4.78, 5) is 12.6. The number of anilines is 3. The SMILES string of the molecule is CC1(C)COc2cccc(Oc3ncc(Nc4cnccc4N)cn3)c21. The largest absolute Gasteiger partial charge is 0.492 e. The highest BCUT2D eigenvalue weighted by Gasteiger charge is 2.35. The van der Waals surface area contributed by atoms with Gasteiger partial charge in [0.2, 0.25) is 0 Å². The monoisotopic (exact) mass is 349 g/mol. The first kappa shape index (κ1) is 16.1. The lowest BCUT2D eigenvalue weighted by atomic mass is 9.86. The number of nitrogens with two attached hydrogens (primary N) is 1. The summed E-state index contributed by atoms with van der Waals surface area (Å²) in [7, 11) is 0. The molecule has 7 nitrogen and oxygen atoms in total. The number of aromatic nitrogens is 3. The molecule has 0 aliphatic carbocycles. The van der Waals surface area contributed by atoms with Gasteiger partial charge in [-0.2, -0.15) is 0 Å². The van der Waals surface area contributed by atoms with Crippen LogP contribution < -0.4 is 20.5 Å². The maximum atomic E-state index is 5.92. The van der Waals surface area contributed by atoms with Gasteiger partial charge in [0.1, 0.15) is 11.5 Å². The van der Waals surface area contributed by atoms with Crippen LogP contribution in [-0.2, 0) is 5.41 Å². The molecular weight excluding hydrogens is 330 g/mol. The van der Waals surface area contributed by atoms with Crippen LogP contribution in [0.3, 0.4) is 0 Å². The van der Waals surface area contributed by atoms with Crippen molar-refractivity contribution in [2.75, 3.05) is 17.7 Å². The van der Waals surface area contributed by atoms with Gasteiger partial charge >= 0.3 is 6.01 Å². The molecule has 26 heavy (non-hydrogen) atoms. The summed E-state index contributed by atoms with van der Waals surface area (Å²) in [6.45, 7) is 4.87. The zero-order chi connectivity index (χ0) is 18.1. The molecule has 1 aliphatic heterocycles. The van der Waals surface area contributed by atoms with Gasteiger partial charge in [-0.25, -0.2) is 9.97 Å². The van der Waals surface area contributed by atoms with Crippen molar-refractivity contribution in [1.29, 1.82) is 0 Å². The third-order valence-corrected chi connectivity index (χ3v) is 4.22. The van der Waals surface area contributed by atoms with Crippen molar-refractivity contribution in [1.82, 2.24) is 15.0 Å². The fraction of sp³-hybridized carbons (Fsp3) is 0.211. The average Bonchev–Trinajstić information content (AvgIpc) is 2.95. The van der Waals surface area contributed by atoms with E-state index in [9.17, 15) is 0 Å². The molecule has 0 bridgehead atoms. The molecule has 4 rings (SSSR count). The summed E-state index contributed by atoms with van der Waals surface area (Å²) in [5.74, 6) is 1.56. The highest BCUT2D eigenvalue weighted by atomic mass is 16.5. The minimum Gasteiger partial charge on any atom is -0.492 e. The molecule has 132 valence electrons. The number of nitrogens with zero attached hydrogens (tertiary/aromatic N) is 3. The molecule has 0 atom stereocenters. The van der Waals surface area contributed by atoms with Gasteiger partial charge in [-0.15, -0.1) is 0 Å². The van der Waals surface area contributed by atoms with Gasteiger partial charge in [0, 0.05) is 17.2 Å². The quantitative estimate of drug-likeness (QED) is 0.742. The zero-order valence-corrected chi connectivity index (χ0v) is 14.6. The van der Waals surface area contributed by atoms with E-state index in [0.717, 1.165) is 11.3 Å². The smallest absolute Gasteiger partial charge is 0.322 e. The molecule has 3 N–H and O–H groups in total. The van der Waals surface area contributed by atoms with E-state index >= 15 is 0 Å². The lowest BCUT2D eigenvalue weighted by molar-refractivity contribution is 0.290. The second-order valence-electron chi connectivity index (χ2n) is 6.75. The van der Waals surface area contributed by atoms with Crippen LogP contribution in [0.25, 0.3) is 0 Å². The van der Waals surface area contributed by atoms with Gasteiger partial charge in [0.25, 0.3) is 0 Å². The Morgan fingerprint density at radius 1 is 1.15 bits per heavy atom. The molecule has 0 radical (unpaired) electrons. The molecule has 0 amide bonds. The summed E-state index contributed by atoms with van der Waals surface area (Å²) in [5.41, 5.74) is 8.81. The third-order valence-electron chi connectivity index (χ3n) is 4.22. The minimum absolute atomic E-state index is 0.120. The maximum absolute atomic E-state index is 5.92. The molecule has 0 fully saturated rings. The van der Waals surface area contributed by atoms with E-state index in [2.05, 4.69) is 34.1 Å². The van der Waals surface area contributed by atoms with Crippen LogP contribution in [0, 0.1) is 0 Å². The van der Waals surface area contributed by atoms with Crippen LogP contribution >= 0.6 is 0 Å². The predicted molar refractivity (Wildman–Crippen MR) is 99.0 cm³/mol. The van der Waals surface area contributed by atoms with Crippen LogP contribution in [-0.4, -0.2) is 21.6 Å². The van der Waals surface area contributed by atoms with Crippen molar-refractivity contribution in [3.63, 3.8) is 0 Å². The van der Waals surface area contributed by atoms with Gasteiger partial charge in [0.05, 0.1) is 42.3 Å². The Kier molecular flexibility index (Phi) is 3.84. The van der Waals surface area contributed by atoms with Gasteiger partial charge in [-0.3, -0.25) is 4.98 Å². The molecule has 7 heteroatoms. The molecule has 0 saturated heterocycles. The molecule has 0 spiro atoms. The number of nitrogen functional groups attached to an aromatic ring is 1. The maximum Gasteiger partial charge on any atom is 0.322 e. The molecule has 0 unspecified atom stereocenters. The second-order valence-corrected chi connectivity index (χ2v) is 6.75. The van der Waals surface area contributed by atoms with Crippen LogP contribution in [0.2, 0.25) is 0 Å². The van der Waals surface area contributed by atoms with Crippen molar-refractivity contribution < 1.29 is 9.47 Å². The summed E-state index contributed by atoms with van der Waals surface area (Å²) >= 11 is 0. The van der Waals surface area contributed by atoms with Crippen LogP contribution in [0.5, 0.6) is 17.5 Å². The molecular formula is C19H19N5O2. The molecule has 1 aliphatic rings. The highest BCUT2D eigenvalue weighted by molar-refractivity contribution is 5.70. The summed E-state index contributed by atoms with van der Waals surface area (Å²) in [6.07, 6.45) is 6.56. The Balaban J connectivity index is 1.54. The topological polar surface area (TPSA) is 95.2 Å². The molecule has 3 heterocycles. The average molecular weight is 349 g/mol. The van der Waals surface area contributed by atoms with E-state index in [1.807, 2.05) is 18.2 Å². The van der Waals surface area contributed by atoms with Gasteiger partial charge < -0.3 is 20.5 Å². The van der Waals surface area contributed by atoms with E-state index in [4.69, 9.17) is 15.2 Å². The number of ether oxygens (including phenoxy) is 2. The minimum atomic E-state index is -0.120. The molecule has 1 aromatic carbocycles. The van der Waals surface area contributed by atoms with Crippen LogP contribution in [0.15, 0.2) is 49.1 Å². The second kappa shape index (κ2) is 6.18. The number of benzene rings is 1. The number of fused-ring (bicyclic) bond motifs is 1. The van der Waals surface area contributed by atoms with E-state index in [0.29, 0.717) is 29.4 Å². The summed E-state index contributed by atoms with van der Waals surface area (Å²) in [6, 6.07) is 7.74. The van der Waals surface area contributed by atoms with Gasteiger partial charge in [-0.1, -0.05) is 19.9 Å².